The summed E-state index contributed by atoms with van der Waals surface area (Å²) >= 11 is 0. The van der Waals surface area contributed by atoms with Gasteiger partial charge in [-0.25, -0.2) is 0 Å². The van der Waals surface area contributed by atoms with Crippen LogP contribution in [0.2, 0.25) is 0 Å². The van der Waals surface area contributed by atoms with Crippen LogP contribution in [0.25, 0.3) is 6.08 Å². The van der Waals surface area contributed by atoms with Crippen molar-refractivity contribution in [2.75, 3.05) is 0 Å². The van der Waals surface area contributed by atoms with E-state index < -0.39 is 0 Å². The highest BCUT2D eigenvalue weighted by atomic mass is 35.5. The van der Waals surface area contributed by atoms with Gasteiger partial charge in [0.15, 0.2) is 0 Å². The summed E-state index contributed by atoms with van der Waals surface area (Å²) in [6, 6.07) is 10.3. The van der Waals surface area contributed by atoms with Crippen LogP contribution in [0.3, 0.4) is 0 Å². The Labute approximate surface area is 79.7 Å². The van der Waals surface area contributed by atoms with E-state index in [0.29, 0.717) is 0 Å². The normalized spacial score (nSPS) is 12.5. The molecule has 0 bridgehead atoms. The molecule has 0 amide bonds. The molecule has 2 N–H and O–H groups in total. The van der Waals surface area contributed by atoms with Gasteiger partial charge >= 0.3 is 0 Å². The Kier molecular flexibility index (Phi) is 5.43. The maximum absolute atomic E-state index is 5.55. The number of hydrogen-bond donors (Lipinski definition) is 1. The Morgan fingerprint density at radius 2 is 1.83 bits per heavy atom. The van der Waals surface area contributed by atoms with Crippen molar-refractivity contribution in [2.24, 2.45) is 5.73 Å². The quantitative estimate of drug-likeness (QED) is 0.749. The van der Waals surface area contributed by atoms with E-state index >= 15 is 0 Å². The number of hydrogen-bond acceptors (Lipinski definition) is 1. The molecule has 1 unspecified atom stereocenters. The van der Waals surface area contributed by atoms with Gasteiger partial charge in [-0.3, -0.25) is 0 Å². The lowest BCUT2D eigenvalue weighted by Crippen LogP contribution is -2.09. The van der Waals surface area contributed by atoms with Gasteiger partial charge in [0.1, 0.15) is 0 Å². The second-order valence-electron chi connectivity index (χ2n) is 2.63. The third-order valence-electron chi connectivity index (χ3n) is 1.39. The number of rotatable bonds is 2. The van der Waals surface area contributed by atoms with Gasteiger partial charge in [-0.15, -0.1) is 12.4 Å². The fourth-order valence-electron chi connectivity index (χ4n) is 0.827. The van der Waals surface area contributed by atoms with E-state index in [0.717, 1.165) is 0 Å². The Balaban J connectivity index is 0.00000121. The van der Waals surface area contributed by atoms with Crippen molar-refractivity contribution in [2.45, 2.75) is 13.0 Å². The van der Waals surface area contributed by atoms with Crippen molar-refractivity contribution in [3.8, 4) is 0 Å². The Bertz CT molecular complexity index is 229. The van der Waals surface area contributed by atoms with Crippen molar-refractivity contribution in [3.05, 3.63) is 42.0 Å². The number of benzene rings is 1. The molecule has 0 fully saturated rings. The predicted octanol–water partition coefficient (Wildman–Crippen LogP) is 2.47. The third kappa shape index (κ3) is 4.16. The Morgan fingerprint density at radius 1 is 1.25 bits per heavy atom. The van der Waals surface area contributed by atoms with Crippen LogP contribution in [-0.4, -0.2) is 6.04 Å². The lowest BCUT2D eigenvalue weighted by molar-refractivity contribution is 0.931. The number of nitrogens with two attached hydrogens (primary N) is 1. The summed E-state index contributed by atoms with van der Waals surface area (Å²) in [5, 5.41) is 0. The van der Waals surface area contributed by atoms with E-state index in [1.165, 1.54) is 5.56 Å². The maximum atomic E-state index is 5.55. The largest absolute Gasteiger partial charge is 0.325 e. The summed E-state index contributed by atoms with van der Waals surface area (Å²) in [5.41, 5.74) is 6.75. The van der Waals surface area contributed by atoms with Crippen LogP contribution in [0.4, 0.5) is 0 Å². The van der Waals surface area contributed by atoms with E-state index in [2.05, 4.69) is 12.1 Å². The lowest BCUT2D eigenvalue weighted by atomic mass is 10.2. The first-order valence-electron chi connectivity index (χ1n) is 3.78. The highest BCUT2D eigenvalue weighted by molar-refractivity contribution is 5.85. The molecule has 1 aromatic rings. The van der Waals surface area contributed by atoms with Gasteiger partial charge < -0.3 is 5.73 Å². The summed E-state index contributed by atoms with van der Waals surface area (Å²) < 4.78 is 0. The highest BCUT2D eigenvalue weighted by Crippen LogP contribution is 2.00. The summed E-state index contributed by atoms with van der Waals surface area (Å²) in [4.78, 5) is 0. The van der Waals surface area contributed by atoms with E-state index in [1.54, 1.807) is 0 Å². The molecule has 1 aromatic carbocycles. The molecule has 0 heterocycles. The van der Waals surface area contributed by atoms with Crippen molar-refractivity contribution in [1.29, 1.82) is 0 Å². The zero-order valence-corrected chi connectivity index (χ0v) is 7.92. The first-order chi connectivity index (χ1) is 5.29. The number of halogens is 1. The van der Waals surface area contributed by atoms with Crippen LogP contribution in [-0.2, 0) is 0 Å². The van der Waals surface area contributed by atoms with Gasteiger partial charge in [-0.2, -0.15) is 0 Å². The van der Waals surface area contributed by atoms with Crippen LogP contribution < -0.4 is 5.73 Å². The van der Waals surface area contributed by atoms with Crippen molar-refractivity contribution in [3.63, 3.8) is 0 Å². The van der Waals surface area contributed by atoms with Gasteiger partial charge in [0, 0.05) is 6.04 Å². The fraction of sp³-hybridized carbons (Fsp3) is 0.200. The zero-order valence-electron chi connectivity index (χ0n) is 7.10. The van der Waals surface area contributed by atoms with Crippen molar-refractivity contribution in [1.82, 2.24) is 0 Å². The zero-order chi connectivity index (χ0) is 8.10. The minimum atomic E-state index is 0. The van der Waals surface area contributed by atoms with Crippen LogP contribution >= 0.6 is 12.4 Å². The van der Waals surface area contributed by atoms with E-state index in [4.69, 9.17) is 5.73 Å². The first kappa shape index (κ1) is 11.2. The summed E-state index contributed by atoms with van der Waals surface area (Å²) in [5.74, 6) is 0. The molecular weight excluding hydrogens is 170 g/mol. The van der Waals surface area contributed by atoms with E-state index in [-0.39, 0.29) is 18.4 Å². The molecule has 2 heteroatoms. The van der Waals surface area contributed by atoms with Crippen LogP contribution in [0.5, 0.6) is 0 Å². The van der Waals surface area contributed by atoms with Gasteiger partial charge in [0.2, 0.25) is 0 Å². The first-order valence-corrected chi connectivity index (χ1v) is 3.78. The smallest absolute Gasteiger partial charge is 0.0198 e. The summed E-state index contributed by atoms with van der Waals surface area (Å²) in [6.45, 7) is 1.96. The van der Waals surface area contributed by atoms with Gasteiger partial charge in [-0.1, -0.05) is 42.5 Å². The van der Waals surface area contributed by atoms with Crippen LogP contribution in [0.15, 0.2) is 36.4 Å². The van der Waals surface area contributed by atoms with Crippen LogP contribution in [0, 0.1) is 0 Å². The molecule has 1 nitrogen and oxygen atoms in total. The van der Waals surface area contributed by atoms with E-state index in [1.807, 2.05) is 37.3 Å². The average Bonchev–Trinajstić information content (AvgIpc) is 2.03. The SMILES string of the molecule is CC(N)/C=C/c1ccccc1.Cl. The second kappa shape index (κ2) is 5.81. The summed E-state index contributed by atoms with van der Waals surface area (Å²) in [7, 11) is 0. The monoisotopic (exact) mass is 183 g/mol. The molecule has 0 aliphatic rings. The minimum Gasteiger partial charge on any atom is -0.325 e. The second-order valence-corrected chi connectivity index (χ2v) is 2.63. The lowest BCUT2D eigenvalue weighted by Gasteiger charge is -1.94. The maximum Gasteiger partial charge on any atom is 0.0198 e. The predicted molar refractivity (Wildman–Crippen MR) is 56.4 cm³/mol. The molecule has 0 saturated heterocycles. The van der Waals surface area contributed by atoms with Crippen molar-refractivity contribution < 1.29 is 0 Å². The average molecular weight is 184 g/mol. The van der Waals surface area contributed by atoms with Crippen LogP contribution in [0.1, 0.15) is 12.5 Å². The molecule has 0 aromatic heterocycles. The topological polar surface area (TPSA) is 26.0 Å². The van der Waals surface area contributed by atoms with Gasteiger partial charge in [0.05, 0.1) is 0 Å². The molecule has 0 spiro atoms. The molecule has 1 atom stereocenters. The molecule has 0 aliphatic carbocycles. The summed E-state index contributed by atoms with van der Waals surface area (Å²) in [6.07, 6.45) is 4.01. The third-order valence-corrected chi connectivity index (χ3v) is 1.39. The van der Waals surface area contributed by atoms with Crippen molar-refractivity contribution >= 4 is 18.5 Å². The molecule has 66 valence electrons. The molecule has 1 rings (SSSR count). The Hall–Kier alpha value is -0.790. The molecular formula is C10H14ClN. The van der Waals surface area contributed by atoms with Gasteiger partial charge in [0.25, 0.3) is 0 Å². The standard InChI is InChI=1S/C10H13N.ClH/c1-9(11)7-8-10-5-3-2-4-6-10;/h2-9H,11H2,1H3;1H/b8-7+;. The van der Waals surface area contributed by atoms with E-state index in [9.17, 15) is 0 Å². The molecule has 12 heavy (non-hydrogen) atoms. The molecule has 0 radical (unpaired) electrons. The molecule has 0 aliphatic heterocycles. The Morgan fingerprint density at radius 3 is 2.33 bits per heavy atom. The molecule has 0 saturated carbocycles. The van der Waals surface area contributed by atoms with Gasteiger partial charge in [-0.05, 0) is 12.5 Å². The highest BCUT2D eigenvalue weighted by Gasteiger charge is 1.84. The fourth-order valence-corrected chi connectivity index (χ4v) is 0.827. The minimum absolute atomic E-state index is 0.